The Bertz CT molecular complexity index is 729. The normalized spacial score (nSPS) is 91.2. The Kier molecular flexibility index (Phi) is 1.08. The lowest BCUT2D eigenvalue weighted by Crippen LogP contribution is -2.44. The van der Waals surface area contributed by atoms with Crippen LogP contribution < -0.4 is 0 Å². The molecule has 0 aromatic carbocycles. The molecule has 10 rings (SSSR count). The second kappa shape index (κ2) is 2.38. The van der Waals surface area contributed by atoms with E-state index in [-0.39, 0.29) is 11.4 Å². The van der Waals surface area contributed by atoms with Gasteiger partial charge in [-0.15, -0.1) is 0 Å². The number of fused-ring (bicyclic) bond motifs is 4. The van der Waals surface area contributed by atoms with Gasteiger partial charge < -0.3 is 5.11 Å². The zero-order chi connectivity index (χ0) is 14.3. The SMILES string of the molecule is O=C(O)C12C3[C@@H]4C[C@@H]5C6C7[C@@H]8[C@@H]5[C@@H]4[C@@H]1[C@@H]8[C@@H]1[C@@H]7[C@H]4[C@H]([C@@H]12)[C@H]3C[C@@H]64. The minimum absolute atomic E-state index is 0.203. The summed E-state index contributed by atoms with van der Waals surface area (Å²) in [7, 11) is 0. The van der Waals surface area contributed by atoms with Crippen LogP contribution in [0.25, 0.3) is 0 Å². The van der Waals surface area contributed by atoms with E-state index in [1.165, 1.54) is 12.8 Å². The highest BCUT2D eigenvalue weighted by atomic mass is 16.4. The monoisotopic (exact) mass is 306 g/mol. The molecule has 2 nitrogen and oxygen atoms in total. The van der Waals surface area contributed by atoms with Gasteiger partial charge in [-0.25, -0.2) is 0 Å². The number of aliphatic carboxylic acids is 1. The lowest BCUT2D eigenvalue weighted by Gasteiger charge is -2.39. The van der Waals surface area contributed by atoms with E-state index in [4.69, 9.17) is 0 Å². The topological polar surface area (TPSA) is 37.3 Å². The summed E-state index contributed by atoms with van der Waals surface area (Å²) in [4.78, 5) is 12.9. The maximum absolute atomic E-state index is 12.9. The summed E-state index contributed by atoms with van der Waals surface area (Å²) in [6.45, 7) is 0. The summed E-state index contributed by atoms with van der Waals surface area (Å²) < 4.78 is 0. The molecule has 10 aliphatic carbocycles. The Morgan fingerprint density at radius 2 is 1.13 bits per heavy atom. The number of rotatable bonds is 1. The molecule has 1 N–H and O–H groups in total. The van der Waals surface area contributed by atoms with Crippen LogP contribution in [-0.2, 0) is 4.79 Å². The predicted molar refractivity (Wildman–Crippen MR) is 78.6 cm³/mol. The largest absolute Gasteiger partial charge is 0.481 e. The van der Waals surface area contributed by atoms with Crippen molar-refractivity contribution in [3.05, 3.63) is 0 Å². The zero-order valence-corrected chi connectivity index (χ0v) is 13.1. The molecule has 10 saturated carbocycles. The molecule has 10 aliphatic rings. The summed E-state index contributed by atoms with van der Waals surface area (Å²) in [5, 5.41) is 10.6. The van der Waals surface area contributed by atoms with E-state index in [0.717, 1.165) is 82.9 Å². The minimum atomic E-state index is -0.308. The summed E-state index contributed by atoms with van der Waals surface area (Å²) in [6, 6.07) is 0. The van der Waals surface area contributed by atoms with E-state index in [1.54, 1.807) is 0 Å². The van der Waals surface area contributed by atoms with Crippen LogP contribution >= 0.6 is 0 Å². The van der Waals surface area contributed by atoms with Crippen LogP contribution in [0.15, 0.2) is 0 Å². The van der Waals surface area contributed by atoms with E-state index in [1.807, 2.05) is 0 Å². The molecule has 0 aromatic heterocycles. The summed E-state index contributed by atoms with van der Waals surface area (Å²) in [5.74, 6) is 15.3. The summed E-state index contributed by atoms with van der Waals surface area (Å²) >= 11 is 0. The molecular weight excluding hydrogens is 284 g/mol. The highest BCUT2D eigenvalue weighted by Crippen LogP contribution is 2.99. The predicted octanol–water partition coefficient (Wildman–Crippen LogP) is 2.45. The fourth-order valence-corrected chi connectivity index (χ4v) is 14.7. The minimum Gasteiger partial charge on any atom is -0.481 e. The maximum atomic E-state index is 12.9. The third-order valence-electron chi connectivity index (χ3n) is 13.1. The van der Waals surface area contributed by atoms with Crippen molar-refractivity contribution in [1.82, 2.24) is 0 Å². The van der Waals surface area contributed by atoms with Crippen LogP contribution in [0.5, 0.6) is 0 Å². The van der Waals surface area contributed by atoms with Crippen molar-refractivity contribution in [2.45, 2.75) is 12.8 Å². The molecular formula is C21H22O2. The molecule has 4 unspecified atom stereocenters. The van der Waals surface area contributed by atoms with Gasteiger partial charge in [-0.05, 0) is 113 Å². The van der Waals surface area contributed by atoms with Crippen LogP contribution in [0.3, 0.4) is 0 Å². The third kappa shape index (κ3) is 0.570. The van der Waals surface area contributed by atoms with Gasteiger partial charge in [0.05, 0.1) is 5.41 Å². The number of hydrogen-bond acceptors (Lipinski definition) is 1. The second-order valence-corrected chi connectivity index (χ2v) is 11.7. The van der Waals surface area contributed by atoms with Crippen LogP contribution in [-0.4, -0.2) is 11.1 Å². The number of hydrogen-bond donors (Lipinski definition) is 1. The molecule has 0 bridgehead atoms. The third-order valence-corrected chi connectivity index (χ3v) is 13.1. The fourth-order valence-electron chi connectivity index (χ4n) is 14.7. The molecule has 18 atom stereocenters. The lowest BCUT2D eigenvalue weighted by atomic mass is 9.63. The highest BCUT2D eigenvalue weighted by molar-refractivity contribution is 5.80. The average molecular weight is 306 g/mol. The van der Waals surface area contributed by atoms with E-state index in [2.05, 4.69) is 0 Å². The maximum Gasteiger partial charge on any atom is 0.310 e. The molecule has 2 heteroatoms. The number of carbonyl (C=O) groups is 1. The van der Waals surface area contributed by atoms with Crippen molar-refractivity contribution >= 4 is 5.97 Å². The Hall–Kier alpha value is -0.530. The van der Waals surface area contributed by atoms with Gasteiger partial charge in [-0.2, -0.15) is 0 Å². The summed E-state index contributed by atoms with van der Waals surface area (Å²) in [5.41, 5.74) is -0.203. The van der Waals surface area contributed by atoms with Crippen molar-refractivity contribution in [3.8, 4) is 0 Å². The second-order valence-electron chi connectivity index (χ2n) is 11.7. The van der Waals surface area contributed by atoms with E-state index in [0.29, 0.717) is 17.8 Å². The van der Waals surface area contributed by atoms with Crippen molar-refractivity contribution in [2.24, 2.45) is 106 Å². The van der Waals surface area contributed by atoms with E-state index < -0.39 is 0 Å². The average Bonchev–Trinajstić information content (AvgIpc) is 3.22. The van der Waals surface area contributed by atoms with Crippen LogP contribution in [0.1, 0.15) is 12.8 Å². The van der Waals surface area contributed by atoms with Crippen LogP contribution in [0.2, 0.25) is 0 Å². The van der Waals surface area contributed by atoms with Crippen molar-refractivity contribution in [2.75, 3.05) is 0 Å². The Morgan fingerprint density at radius 1 is 0.609 bits per heavy atom. The van der Waals surface area contributed by atoms with Crippen molar-refractivity contribution in [1.29, 1.82) is 0 Å². The number of carboxylic acids is 1. The van der Waals surface area contributed by atoms with Gasteiger partial charge in [-0.3, -0.25) is 4.79 Å². The first-order chi connectivity index (χ1) is 11.3. The Labute approximate surface area is 135 Å². The van der Waals surface area contributed by atoms with Gasteiger partial charge in [0, 0.05) is 0 Å². The quantitative estimate of drug-likeness (QED) is 0.808. The van der Waals surface area contributed by atoms with Crippen LogP contribution in [0, 0.1) is 106 Å². The van der Waals surface area contributed by atoms with Gasteiger partial charge in [0.25, 0.3) is 0 Å². The van der Waals surface area contributed by atoms with Gasteiger partial charge >= 0.3 is 5.97 Å². The van der Waals surface area contributed by atoms with E-state index in [9.17, 15) is 9.90 Å². The fraction of sp³-hybridized carbons (Fsp3) is 0.952. The zero-order valence-electron chi connectivity index (χ0n) is 13.1. The summed E-state index contributed by atoms with van der Waals surface area (Å²) in [6.07, 6.45) is 2.96. The first kappa shape index (κ1) is 10.5. The number of carboxylic acid groups (broad SMARTS) is 1. The first-order valence-corrected chi connectivity index (χ1v) is 10.5. The molecule has 0 aromatic rings. The molecule has 0 heterocycles. The Morgan fingerprint density at radius 3 is 1.65 bits per heavy atom. The molecule has 0 saturated heterocycles. The standard InChI is InChI=1S/C21H22O2/c22-20(23)21-17-5-1-3-7-4-2-6(17)11-9(4)14-12(7)13-8(3)10(5)18(21)15(13)16(14)19(11)21/h3-19H,1-2H2,(H,22,23)/t3-,4+,5-,6-,7?,8+,9-,10-,11-,12?,13+,14-,15+,16+,17?,18-,19+,21?/m1/s1. The van der Waals surface area contributed by atoms with Crippen LogP contribution in [0.4, 0.5) is 0 Å². The van der Waals surface area contributed by atoms with Gasteiger partial charge in [0.1, 0.15) is 0 Å². The van der Waals surface area contributed by atoms with Crippen molar-refractivity contribution in [3.63, 3.8) is 0 Å². The van der Waals surface area contributed by atoms with Gasteiger partial charge in [0.2, 0.25) is 0 Å². The molecule has 23 heavy (non-hydrogen) atoms. The molecule has 0 spiro atoms. The smallest absolute Gasteiger partial charge is 0.310 e. The molecule has 118 valence electrons. The lowest BCUT2D eigenvalue weighted by molar-refractivity contribution is -0.157. The van der Waals surface area contributed by atoms with Gasteiger partial charge in [-0.1, -0.05) is 0 Å². The molecule has 10 fully saturated rings. The van der Waals surface area contributed by atoms with E-state index >= 15 is 0 Å². The molecule has 0 aliphatic heterocycles. The van der Waals surface area contributed by atoms with Crippen molar-refractivity contribution < 1.29 is 9.90 Å². The molecule has 0 amide bonds. The molecule has 0 radical (unpaired) electrons. The Balaban J connectivity index is 1.46. The highest BCUT2D eigenvalue weighted by Gasteiger charge is 2.97. The first-order valence-electron chi connectivity index (χ1n) is 10.5. The van der Waals surface area contributed by atoms with Gasteiger partial charge in [0.15, 0.2) is 0 Å².